The van der Waals surface area contributed by atoms with Gasteiger partial charge < -0.3 is 15.2 Å². The highest BCUT2D eigenvalue weighted by molar-refractivity contribution is 5.79. The quantitative estimate of drug-likeness (QED) is 0.466. The van der Waals surface area contributed by atoms with Crippen LogP contribution >= 0.6 is 0 Å². The molecule has 1 aromatic heterocycles. The topological polar surface area (TPSA) is 62.5 Å². The number of hydrogen-bond donors (Lipinski definition) is 2. The number of hydrogen-bond acceptors (Lipinski definition) is 3. The van der Waals surface area contributed by atoms with Crippen LogP contribution in [-0.4, -0.2) is 24.2 Å². The van der Waals surface area contributed by atoms with Crippen LogP contribution in [-0.2, 0) is 13.0 Å². The lowest BCUT2D eigenvalue weighted by molar-refractivity contribution is 0.412. The monoisotopic (exact) mass is 286 g/mol. The lowest BCUT2D eigenvalue weighted by Crippen LogP contribution is -2.37. The maximum atomic E-state index is 4.79. The predicted octanol–water partition coefficient (Wildman–Crippen LogP) is 2.36. The number of aliphatic imine (C=N–C) groups is 1. The van der Waals surface area contributed by atoms with Crippen LogP contribution in [0.5, 0.6) is 0 Å². The molecule has 2 N–H and O–H groups in total. The van der Waals surface area contributed by atoms with E-state index in [9.17, 15) is 0 Å². The number of nitrogens with one attached hydrogen (secondary N) is 2. The highest BCUT2D eigenvalue weighted by Gasteiger charge is 1.99. The van der Waals surface area contributed by atoms with Gasteiger partial charge in [0.15, 0.2) is 5.96 Å². The molecule has 2 aromatic rings. The molecule has 0 amide bonds. The molecule has 0 saturated heterocycles. The van der Waals surface area contributed by atoms with Crippen LogP contribution in [0.2, 0.25) is 0 Å². The van der Waals surface area contributed by atoms with E-state index in [1.807, 2.05) is 12.1 Å². The summed E-state index contributed by atoms with van der Waals surface area (Å²) in [6, 6.07) is 12.3. The first-order valence-corrected chi connectivity index (χ1v) is 7.34. The van der Waals surface area contributed by atoms with Crippen molar-refractivity contribution in [2.75, 3.05) is 13.1 Å². The van der Waals surface area contributed by atoms with E-state index in [1.165, 1.54) is 5.56 Å². The van der Waals surface area contributed by atoms with E-state index < -0.39 is 0 Å². The van der Waals surface area contributed by atoms with Crippen molar-refractivity contribution >= 4 is 5.96 Å². The minimum absolute atomic E-state index is 0.518. The van der Waals surface area contributed by atoms with Crippen LogP contribution in [0, 0.1) is 0 Å². The van der Waals surface area contributed by atoms with Crippen molar-refractivity contribution < 1.29 is 4.52 Å². The van der Waals surface area contributed by atoms with Gasteiger partial charge in [0.05, 0.1) is 6.54 Å². The Morgan fingerprint density at radius 2 is 2.05 bits per heavy atom. The standard InChI is InChI=1S/C16H22N4O/c1-2-17-16(19-13-15-10-12-21-20-15)18-11-6-9-14-7-4-3-5-8-14/h3-5,7-8,10,12H,2,6,9,11,13H2,1H3,(H2,17,18,19). The van der Waals surface area contributed by atoms with Crippen molar-refractivity contribution in [2.24, 2.45) is 4.99 Å². The number of guanidine groups is 1. The van der Waals surface area contributed by atoms with Crippen molar-refractivity contribution in [2.45, 2.75) is 26.3 Å². The van der Waals surface area contributed by atoms with Gasteiger partial charge in [-0.2, -0.15) is 0 Å². The van der Waals surface area contributed by atoms with Crippen molar-refractivity contribution in [3.05, 3.63) is 53.9 Å². The minimum Gasteiger partial charge on any atom is -0.364 e. The zero-order valence-electron chi connectivity index (χ0n) is 12.4. The molecule has 0 spiro atoms. The largest absolute Gasteiger partial charge is 0.364 e. The van der Waals surface area contributed by atoms with Crippen LogP contribution in [0.1, 0.15) is 24.6 Å². The summed E-state index contributed by atoms with van der Waals surface area (Å²) in [5.74, 6) is 0.813. The molecule has 0 aliphatic carbocycles. The van der Waals surface area contributed by atoms with E-state index in [0.717, 1.165) is 37.6 Å². The molecule has 0 atom stereocenters. The van der Waals surface area contributed by atoms with Gasteiger partial charge in [-0.1, -0.05) is 35.5 Å². The Morgan fingerprint density at radius 1 is 1.19 bits per heavy atom. The lowest BCUT2D eigenvalue weighted by atomic mass is 10.1. The van der Waals surface area contributed by atoms with Crippen LogP contribution in [0.25, 0.3) is 0 Å². The normalized spacial score (nSPS) is 11.4. The van der Waals surface area contributed by atoms with Gasteiger partial charge in [0.25, 0.3) is 0 Å². The number of aromatic nitrogens is 1. The fourth-order valence-corrected chi connectivity index (χ4v) is 1.96. The van der Waals surface area contributed by atoms with Crippen molar-refractivity contribution in [1.82, 2.24) is 15.8 Å². The van der Waals surface area contributed by atoms with Gasteiger partial charge in [-0.05, 0) is 25.3 Å². The van der Waals surface area contributed by atoms with Crippen LogP contribution in [0.3, 0.4) is 0 Å². The second kappa shape index (κ2) is 8.79. The second-order valence-corrected chi connectivity index (χ2v) is 4.70. The predicted molar refractivity (Wildman–Crippen MR) is 84.1 cm³/mol. The van der Waals surface area contributed by atoms with Gasteiger partial charge in [-0.25, -0.2) is 4.99 Å². The Hall–Kier alpha value is -2.30. The molecule has 0 fully saturated rings. The third-order valence-corrected chi connectivity index (χ3v) is 3.01. The summed E-state index contributed by atoms with van der Waals surface area (Å²) >= 11 is 0. The summed E-state index contributed by atoms with van der Waals surface area (Å²) in [6.07, 6.45) is 3.69. The maximum Gasteiger partial charge on any atom is 0.191 e. The average Bonchev–Trinajstić information content (AvgIpc) is 3.03. The molecule has 1 aromatic carbocycles. The van der Waals surface area contributed by atoms with Crippen LogP contribution < -0.4 is 10.6 Å². The summed E-state index contributed by atoms with van der Waals surface area (Å²) in [5, 5.41) is 10.4. The molecule has 0 saturated carbocycles. The first-order valence-electron chi connectivity index (χ1n) is 7.34. The molecule has 0 aliphatic rings. The summed E-state index contributed by atoms with van der Waals surface area (Å²) in [7, 11) is 0. The molecule has 0 bridgehead atoms. The van der Waals surface area contributed by atoms with E-state index >= 15 is 0 Å². The lowest BCUT2D eigenvalue weighted by Gasteiger charge is -2.10. The Bertz CT molecular complexity index is 522. The van der Waals surface area contributed by atoms with E-state index in [4.69, 9.17) is 4.52 Å². The van der Waals surface area contributed by atoms with Crippen LogP contribution in [0.4, 0.5) is 0 Å². The molecule has 0 aliphatic heterocycles. The molecule has 5 nitrogen and oxygen atoms in total. The van der Waals surface area contributed by atoms with Crippen molar-refractivity contribution in [3.63, 3.8) is 0 Å². The SMILES string of the molecule is CCNC(=NCc1ccon1)NCCCc1ccccc1. The Balaban J connectivity index is 1.73. The Morgan fingerprint density at radius 3 is 2.76 bits per heavy atom. The molecular formula is C16H22N4O. The third kappa shape index (κ3) is 5.69. The molecular weight excluding hydrogens is 264 g/mol. The zero-order valence-corrected chi connectivity index (χ0v) is 12.4. The summed E-state index contributed by atoms with van der Waals surface area (Å²) in [4.78, 5) is 4.47. The molecule has 21 heavy (non-hydrogen) atoms. The molecule has 112 valence electrons. The first-order chi connectivity index (χ1) is 10.4. The highest BCUT2D eigenvalue weighted by Crippen LogP contribution is 2.01. The maximum absolute atomic E-state index is 4.79. The minimum atomic E-state index is 0.518. The number of benzene rings is 1. The van der Waals surface area contributed by atoms with E-state index in [1.54, 1.807) is 6.26 Å². The Labute approximate surface area is 125 Å². The number of aryl methyl sites for hydroxylation is 1. The van der Waals surface area contributed by atoms with Crippen molar-refractivity contribution in [1.29, 1.82) is 0 Å². The fraction of sp³-hybridized carbons (Fsp3) is 0.375. The van der Waals surface area contributed by atoms with E-state index in [0.29, 0.717) is 6.54 Å². The first kappa shape index (κ1) is 15.1. The van der Waals surface area contributed by atoms with Gasteiger partial charge in [-0.3, -0.25) is 0 Å². The van der Waals surface area contributed by atoms with Gasteiger partial charge in [0.2, 0.25) is 0 Å². The molecule has 1 heterocycles. The fourth-order valence-electron chi connectivity index (χ4n) is 1.96. The summed E-state index contributed by atoms with van der Waals surface area (Å²) in [5.41, 5.74) is 2.19. The third-order valence-electron chi connectivity index (χ3n) is 3.01. The smallest absolute Gasteiger partial charge is 0.191 e. The van der Waals surface area contributed by atoms with Gasteiger partial charge >= 0.3 is 0 Å². The highest BCUT2D eigenvalue weighted by atomic mass is 16.5. The molecule has 0 unspecified atom stereocenters. The number of nitrogens with zero attached hydrogens (tertiary/aromatic N) is 2. The molecule has 0 radical (unpaired) electrons. The summed E-state index contributed by atoms with van der Waals surface area (Å²) < 4.78 is 4.79. The summed E-state index contributed by atoms with van der Waals surface area (Å²) in [6.45, 7) is 4.30. The average molecular weight is 286 g/mol. The second-order valence-electron chi connectivity index (χ2n) is 4.70. The Kier molecular flexibility index (Phi) is 6.32. The van der Waals surface area contributed by atoms with Gasteiger partial charge in [0, 0.05) is 19.2 Å². The van der Waals surface area contributed by atoms with Gasteiger partial charge in [-0.15, -0.1) is 0 Å². The number of rotatable bonds is 7. The van der Waals surface area contributed by atoms with Crippen LogP contribution in [0.15, 0.2) is 52.2 Å². The molecule has 2 rings (SSSR count). The zero-order chi connectivity index (χ0) is 14.8. The van der Waals surface area contributed by atoms with E-state index in [-0.39, 0.29) is 0 Å². The van der Waals surface area contributed by atoms with E-state index in [2.05, 4.69) is 52.0 Å². The molecule has 5 heteroatoms. The van der Waals surface area contributed by atoms with Crippen molar-refractivity contribution in [3.8, 4) is 0 Å². The van der Waals surface area contributed by atoms with Gasteiger partial charge in [0.1, 0.15) is 12.0 Å².